The molecule has 0 heterocycles. The largest absolute Gasteiger partial charge is 0.508 e. The summed E-state index contributed by atoms with van der Waals surface area (Å²) in [4.78, 5) is 22.9. The zero-order chi connectivity index (χ0) is 15.9. The molecule has 2 rings (SSSR count). The highest BCUT2D eigenvalue weighted by Crippen LogP contribution is 2.15. The van der Waals surface area contributed by atoms with Crippen LogP contribution < -0.4 is 10.6 Å². The minimum atomic E-state index is -0.190. The first kappa shape index (κ1) is 15.6. The molecule has 0 atom stereocenters. The molecule has 2 aromatic carbocycles. The number of phenols is 1. The molecule has 3 N–H and O–H groups in total. The van der Waals surface area contributed by atoms with Crippen molar-refractivity contribution in [1.82, 2.24) is 5.32 Å². The number of nitrogens with one attached hydrogen (secondary N) is 2. The van der Waals surface area contributed by atoms with Crippen LogP contribution in [0, 0.1) is 0 Å². The number of hydrogen-bond donors (Lipinski definition) is 3. The molecule has 0 radical (unpaired) electrons. The van der Waals surface area contributed by atoms with Crippen molar-refractivity contribution in [2.24, 2.45) is 0 Å². The molecule has 2 aromatic rings. The summed E-state index contributed by atoms with van der Waals surface area (Å²) in [5, 5.41) is 15.1. The Morgan fingerprint density at radius 3 is 2.36 bits per heavy atom. The number of para-hydroxylation sites is 1. The predicted octanol–water partition coefficient (Wildman–Crippen LogP) is 2.32. The average molecular weight is 298 g/mol. The van der Waals surface area contributed by atoms with Crippen LogP contribution in [0.3, 0.4) is 0 Å². The van der Waals surface area contributed by atoms with Crippen molar-refractivity contribution in [1.29, 1.82) is 0 Å². The van der Waals surface area contributed by atoms with Crippen molar-refractivity contribution >= 4 is 17.5 Å². The van der Waals surface area contributed by atoms with Gasteiger partial charge < -0.3 is 15.7 Å². The summed E-state index contributed by atoms with van der Waals surface area (Å²) in [6.45, 7) is 1.86. The number of aromatic hydroxyl groups is 1. The lowest BCUT2D eigenvalue weighted by molar-refractivity contribution is -0.114. The van der Waals surface area contributed by atoms with Crippen LogP contribution in [-0.2, 0) is 11.2 Å². The van der Waals surface area contributed by atoms with Gasteiger partial charge in [0.25, 0.3) is 5.91 Å². The summed E-state index contributed by atoms with van der Waals surface area (Å²) in [5.41, 5.74) is 1.97. The number of benzene rings is 2. The monoisotopic (exact) mass is 298 g/mol. The van der Waals surface area contributed by atoms with Crippen LogP contribution in [0.25, 0.3) is 0 Å². The summed E-state index contributed by atoms with van der Waals surface area (Å²) in [6.07, 6.45) is 0.558. The van der Waals surface area contributed by atoms with Gasteiger partial charge in [0.2, 0.25) is 5.91 Å². The lowest BCUT2D eigenvalue weighted by Gasteiger charge is -2.07. The van der Waals surface area contributed by atoms with Crippen LogP contribution in [-0.4, -0.2) is 23.5 Å². The van der Waals surface area contributed by atoms with E-state index < -0.39 is 0 Å². The maximum absolute atomic E-state index is 12.0. The molecule has 0 saturated carbocycles. The van der Waals surface area contributed by atoms with E-state index in [0.29, 0.717) is 24.2 Å². The van der Waals surface area contributed by atoms with Gasteiger partial charge in [0.15, 0.2) is 0 Å². The van der Waals surface area contributed by atoms with Gasteiger partial charge >= 0.3 is 0 Å². The third-order valence-corrected chi connectivity index (χ3v) is 3.14. The molecule has 5 nitrogen and oxygen atoms in total. The molecule has 0 spiro atoms. The van der Waals surface area contributed by atoms with Crippen molar-refractivity contribution < 1.29 is 14.7 Å². The van der Waals surface area contributed by atoms with E-state index in [1.807, 2.05) is 12.1 Å². The van der Waals surface area contributed by atoms with Crippen LogP contribution in [0.5, 0.6) is 5.75 Å². The van der Waals surface area contributed by atoms with Gasteiger partial charge in [-0.05, 0) is 42.3 Å². The summed E-state index contributed by atoms with van der Waals surface area (Å²) in [7, 11) is 0. The summed E-state index contributed by atoms with van der Waals surface area (Å²) in [5.74, 6) is -0.110. The van der Waals surface area contributed by atoms with Gasteiger partial charge in [-0.15, -0.1) is 0 Å². The van der Waals surface area contributed by atoms with Gasteiger partial charge in [-0.25, -0.2) is 0 Å². The Morgan fingerprint density at radius 2 is 1.73 bits per heavy atom. The van der Waals surface area contributed by atoms with E-state index in [-0.39, 0.29) is 17.6 Å². The van der Waals surface area contributed by atoms with E-state index in [2.05, 4.69) is 10.6 Å². The fraction of sp³-hybridized carbons (Fsp3) is 0.176. The second-order valence-electron chi connectivity index (χ2n) is 4.89. The summed E-state index contributed by atoms with van der Waals surface area (Å²) in [6, 6.07) is 13.7. The fourth-order valence-electron chi connectivity index (χ4n) is 2.04. The number of carbonyl (C=O) groups excluding carboxylic acids is 2. The number of phenolic OH excluding ortho intramolecular Hbond substituents is 1. The second kappa shape index (κ2) is 7.26. The van der Waals surface area contributed by atoms with Gasteiger partial charge in [0.1, 0.15) is 5.75 Å². The highest BCUT2D eigenvalue weighted by atomic mass is 16.3. The van der Waals surface area contributed by atoms with E-state index >= 15 is 0 Å². The SMILES string of the molecule is CC(=O)Nc1ccc(C(=O)NCCc2ccccc2O)cc1. The van der Waals surface area contributed by atoms with E-state index in [1.165, 1.54) is 6.92 Å². The average Bonchev–Trinajstić information content (AvgIpc) is 2.49. The first-order chi connectivity index (χ1) is 10.6. The van der Waals surface area contributed by atoms with Crippen LogP contribution >= 0.6 is 0 Å². The zero-order valence-electron chi connectivity index (χ0n) is 12.3. The molecule has 114 valence electrons. The molecule has 0 aliphatic heterocycles. The number of rotatable bonds is 5. The number of carbonyl (C=O) groups is 2. The highest BCUT2D eigenvalue weighted by molar-refractivity contribution is 5.95. The van der Waals surface area contributed by atoms with Crippen molar-refractivity contribution in [3.05, 3.63) is 59.7 Å². The Labute approximate surface area is 129 Å². The second-order valence-corrected chi connectivity index (χ2v) is 4.89. The molecule has 22 heavy (non-hydrogen) atoms. The Hall–Kier alpha value is -2.82. The quantitative estimate of drug-likeness (QED) is 0.792. The maximum atomic E-state index is 12.0. The molecule has 0 aliphatic rings. The Kier molecular flexibility index (Phi) is 5.14. The van der Waals surface area contributed by atoms with Crippen LogP contribution in [0.15, 0.2) is 48.5 Å². The topological polar surface area (TPSA) is 78.4 Å². The van der Waals surface area contributed by atoms with Gasteiger partial charge in [0.05, 0.1) is 0 Å². The number of hydrogen-bond acceptors (Lipinski definition) is 3. The molecule has 5 heteroatoms. The van der Waals surface area contributed by atoms with Gasteiger partial charge in [-0.1, -0.05) is 18.2 Å². The predicted molar refractivity (Wildman–Crippen MR) is 84.9 cm³/mol. The van der Waals surface area contributed by atoms with Crippen molar-refractivity contribution in [3.8, 4) is 5.75 Å². The Balaban J connectivity index is 1.87. The summed E-state index contributed by atoms with van der Waals surface area (Å²) >= 11 is 0. The smallest absolute Gasteiger partial charge is 0.251 e. The normalized spacial score (nSPS) is 10.0. The molecule has 0 unspecified atom stereocenters. The van der Waals surface area contributed by atoms with Crippen molar-refractivity contribution in [3.63, 3.8) is 0 Å². The van der Waals surface area contributed by atoms with Crippen LogP contribution in [0.1, 0.15) is 22.8 Å². The molecule has 2 amide bonds. The highest BCUT2D eigenvalue weighted by Gasteiger charge is 2.06. The van der Waals surface area contributed by atoms with E-state index in [4.69, 9.17) is 0 Å². The lowest BCUT2D eigenvalue weighted by Crippen LogP contribution is -2.25. The van der Waals surface area contributed by atoms with Crippen molar-refractivity contribution in [2.75, 3.05) is 11.9 Å². The van der Waals surface area contributed by atoms with E-state index in [0.717, 1.165) is 5.56 Å². The van der Waals surface area contributed by atoms with Gasteiger partial charge in [-0.3, -0.25) is 9.59 Å². The van der Waals surface area contributed by atoms with Gasteiger partial charge in [0, 0.05) is 24.7 Å². The minimum Gasteiger partial charge on any atom is -0.508 e. The fourth-order valence-corrected chi connectivity index (χ4v) is 2.04. The first-order valence-electron chi connectivity index (χ1n) is 6.99. The molecule has 0 fully saturated rings. The zero-order valence-corrected chi connectivity index (χ0v) is 12.3. The van der Waals surface area contributed by atoms with Crippen molar-refractivity contribution in [2.45, 2.75) is 13.3 Å². The molecular formula is C17H18N2O3. The maximum Gasteiger partial charge on any atom is 0.251 e. The molecular weight excluding hydrogens is 280 g/mol. The van der Waals surface area contributed by atoms with E-state index in [1.54, 1.807) is 36.4 Å². The molecule has 0 aliphatic carbocycles. The standard InChI is InChI=1S/C17H18N2O3/c1-12(20)19-15-8-6-14(7-9-15)17(22)18-11-10-13-4-2-3-5-16(13)21/h2-9,21H,10-11H2,1H3,(H,18,22)(H,19,20). The van der Waals surface area contributed by atoms with Crippen LogP contribution in [0.2, 0.25) is 0 Å². The summed E-state index contributed by atoms with van der Waals surface area (Å²) < 4.78 is 0. The third kappa shape index (κ3) is 4.34. The Bertz CT molecular complexity index is 666. The molecule has 0 aromatic heterocycles. The first-order valence-corrected chi connectivity index (χ1v) is 6.99. The minimum absolute atomic E-state index is 0.153. The number of amides is 2. The van der Waals surface area contributed by atoms with E-state index in [9.17, 15) is 14.7 Å². The van der Waals surface area contributed by atoms with Crippen LogP contribution in [0.4, 0.5) is 5.69 Å². The third-order valence-electron chi connectivity index (χ3n) is 3.14. The lowest BCUT2D eigenvalue weighted by atomic mass is 10.1. The Morgan fingerprint density at radius 1 is 1.05 bits per heavy atom. The molecule has 0 bridgehead atoms. The number of anilines is 1. The molecule has 0 saturated heterocycles. The van der Waals surface area contributed by atoms with Gasteiger partial charge in [-0.2, -0.15) is 0 Å².